The predicted octanol–water partition coefficient (Wildman–Crippen LogP) is 2.21. The van der Waals surface area contributed by atoms with Gasteiger partial charge in [0.05, 0.1) is 0 Å². The SMILES string of the molecule is FC1=C[C@H](F)[C@H](F)[C@H](F)[C@@H]1F. The third-order valence-electron chi connectivity index (χ3n) is 1.47. The molecule has 0 aromatic heterocycles. The maximum absolute atomic E-state index is 12.2. The molecular weight excluding hydrogens is 167 g/mol. The Balaban J connectivity index is 2.83. The van der Waals surface area contributed by atoms with E-state index in [1.807, 2.05) is 0 Å². The highest BCUT2D eigenvalue weighted by Crippen LogP contribution is 2.29. The van der Waals surface area contributed by atoms with Gasteiger partial charge in [0.25, 0.3) is 0 Å². The molecule has 0 aromatic carbocycles. The minimum atomic E-state index is -2.73. The van der Waals surface area contributed by atoms with E-state index >= 15 is 0 Å². The van der Waals surface area contributed by atoms with Crippen LogP contribution in [0.2, 0.25) is 0 Å². The highest BCUT2D eigenvalue weighted by molar-refractivity contribution is 5.14. The lowest BCUT2D eigenvalue weighted by atomic mass is 10.00. The Kier molecular flexibility index (Phi) is 2.15. The molecule has 0 heterocycles. The summed E-state index contributed by atoms with van der Waals surface area (Å²) in [6, 6.07) is 0. The van der Waals surface area contributed by atoms with Crippen molar-refractivity contribution in [3.05, 3.63) is 11.9 Å². The van der Waals surface area contributed by atoms with E-state index < -0.39 is 30.5 Å². The Morgan fingerprint density at radius 1 is 1.00 bits per heavy atom. The zero-order valence-corrected chi connectivity index (χ0v) is 5.28. The van der Waals surface area contributed by atoms with E-state index in [1.54, 1.807) is 0 Å². The van der Waals surface area contributed by atoms with Crippen molar-refractivity contribution in [3.8, 4) is 0 Å². The molecule has 0 N–H and O–H groups in total. The van der Waals surface area contributed by atoms with Gasteiger partial charge < -0.3 is 0 Å². The third kappa shape index (κ3) is 1.36. The second-order valence-electron chi connectivity index (χ2n) is 2.29. The van der Waals surface area contributed by atoms with Crippen LogP contribution in [-0.2, 0) is 0 Å². The summed E-state index contributed by atoms with van der Waals surface area (Å²) in [6.45, 7) is 0. The van der Waals surface area contributed by atoms with Gasteiger partial charge in [0.2, 0.25) is 0 Å². The number of hydrogen-bond acceptors (Lipinski definition) is 0. The van der Waals surface area contributed by atoms with Crippen LogP contribution in [0.15, 0.2) is 11.9 Å². The number of allylic oxidation sites excluding steroid dienone is 2. The fourth-order valence-corrected chi connectivity index (χ4v) is 0.825. The molecule has 0 saturated heterocycles. The van der Waals surface area contributed by atoms with Gasteiger partial charge in [0.1, 0.15) is 5.83 Å². The maximum atomic E-state index is 12.2. The van der Waals surface area contributed by atoms with E-state index in [1.165, 1.54) is 0 Å². The zero-order valence-electron chi connectivity index (χ0n) is 5.28. The highest BCUT2D eigenvalue weighted by atomic mass is 19.2. The molecule has 0 saturated carbocycles. The van der Waals surface area contributed by atoms with Gasteiger partial charge in [-0.25, -0.2) is 22.0 Å². The van der Waals surface area contributed by atoms with Crippen LogP contribution in [0.5, 0.6) is 0 Å². The van der Waals surface area contributed by atoms with Crippen molar-refractivity contribution in [2.75, 3.05) is 0 Å². The van der Waals surface area contributed by atoms with E-state index in [0.29, 0.717) is 0 Å². The number of hydrogen-bond donors (Lipinski definition) is 0. The molecule has 0 nitrogen and oxygen atoms in total. The largest absolute Gasteiger partial charge is 0.241 e. The smallest absolute Gasteiger partial charge is 0.185 e. The van der Waals surface area contributed by atoms with Crippen LogP contribution in [0, 0.1) is 0 Å². The van der Waals surface area contributed by atoms with E-state index in [4.69, 9.17) is 0 Å². The predicted molar refractivity (Wildman–Crippen MR) is 28.8 cm³/mol. The average molecular weight is 172 g/mol. The fourth-order valence-electron chi connectivity index (χ4n) is 0.825. The summed E-state index contributed by atoms with van der Waals surface area (Å²) in [7, 11) is 0. The normalized spacial score (nSPS) is 45.4. The molecule has 1 aliphatic carbocycles. The molecule has 0 bridgehead atoms. The number of halogens is 5. The molecule has 0 unspecified atom stereocenters. The minimum absolute atomic E-state index is 0.116. The Morgan fingerprint density at radius 3 is 2.09 bits per heavy atom. The Hall–Kier alpha value is -0.610. The first-order valence-electron chi connectivity index (χ1n) is 2.97. The molecule has 11 heavy (non-hydrogen) atoms. The van der Waals surface area contributed by atoms with Gasteiger partial charge >= 0.3 is 0 Å². The highest BCUT2D eigenvalue weighted by Gasteiger charge is 2.42. The van der Waals surface area contributed by atoms with Gasteiger partial charge in [-0.15, -0.1) is 0 Å². The van der Waals surface area contributed by atoms with Crippen LogP contribution in [0.3, 0.4) is 0 Å². The lowest BCUT2D eigenvalue weighted by molar-refractivity contribution is 0.0373. The van der Waals surface area contributed by atoms with Crippen molar-refractivity contribution >= 4 is 0 Å². The van der Waals surface area contributed by atoms with Crippen molar-refractivity contribution in [2.24, 2.45) is 0 Å². The second-order valence-corrected chi connectivity index (χ2v) is 2.29. The molecule has 4 atom stereocenters. The zero-order chi connectivity index (χ0) is 8.59. The van der Waals surface area contributed by atoms with Gasteiger partial charge in [-0.1, -0.05) is 0 Å². The first-order valence-corrected chi connectivity index (χ1v) is 2.97. The van der Waals surface area contributed by atoms with E-state index in [0.717, 1.165) is 0 Å². The summed E-state index contributed by atoms with van der Waals surface area (Å²) < 4.78 is 60.8. The first kappa shape index (κ1) is 8.49. The summed E-state index contributed by atoms with van der Waals surface area (Å²) >= 11 is 0. The summed E-state index contributed by atoms with van der Waals surface area (Å²) in [5.41, 5.74) is 0. The van der Waals surface area contributed by atoms with Crippen molar-refractivity contribution in [1.29, 1.82) is 0 Å². The third-order valence-corrected chi connectivity index (χ3v) is 1.47. The number of alkyl halides is 4. The molecular formula is C6H5F5. The van der Waals surface area contributed by atoms with Crippen molar-refractivity contribution in [3.63, 3.8) is 0 Å². The van der Waals surface area contributed by atoms with Gasteiger partial charge in [0.15, 0.2) is 24.7 Å². The van der Waals surface area contributed by atoms with Crippen molar-refractivity contribution in [2.45, 2.75) is 24.7 Å². The molecule has 0 fully saturated rings. The van der Waals surface area contributed by atoms with Crippen LogP contribution in [-0.4, -0.2) is 24.7 Å². The van der Waals surface area contributed by atoms with Gasteiger partial charge in [0, 0.05) is 0 Å². The average Bonchev–Trinajstić information content (AvgIpc) is 1.97. The Bertz CT molecular complexity index is 178. The first-order chi connectivity index (χ1) is 5.04. The maximum Gasteiger partial charge on any atom is 0.185 e. The quantitative estimate of drug-likeness (QED) is 0.491. The van der Waals surface area contributed by atoms with Gasteiger partial charge in [-0.3, -0.25) is 0 Å². The van der Waals surface area contributed by atoms with Gasteiger partial charge in [-0.05, 0) is 6.08 Å². The molecule has 0 spiro atoms. The van der Waals surface area contributed by atoms with Gasteiger partial charge in [-0.2, -0.15) is 0 Å². The summed E-state index contributed by atoms with van der Waals surface area (Å²) in [6.07, 6.45) is -10.2. The topological polar surface area (TPSA) is 0 Å². The van der Waals surface area contributed by atoms with Crippen LogP contribution < -0.4 is 0 Å². The Morgan fingerprint density at radius 2 is 1.55 bits per heavy atom. The van der Waals surface area contributed by atoms with Crippen molar-refractivity contribution in [1.82, 2.24) is 0 Å². The standard InChI is InChI=1S/C6H5F5/c7-2-1-3(8)5(10)6(11)4(2)9/h1-2,4-6H/t2-,4-,5+,6-/m0/s1. The van der Waals surface area contributed by atoms with Crippen LogP contribution in [0.25, 0.3) is 0 Å². The molecule has 64 valence electrons. The summed E-state index contributed by atoms with van der Waals surface area (Å²) in [5, 5.41) is 0. The van der Waals surface area contributed by atoms with Crippen LogP contribution >= 0.6 is 0 Å². The molecule has 1 aliphatic rings. The Labute approximate surface area is 59.7 Å². The fraction of sp³-hybridized carbons (Fsp3) is 0.667. The molecule has 1 rings (SSSR count). The molecule has 0 amide bonds. The van der Waals surface area contributed by atoms with Crippen LogP contribution in [0.1, 0.15) is 0 Å². The molecule has 5 heteroatoms. The summed E-state index contributed by atoms with van der Waals surface area (Å²) in [4.78, 5) is 0. The lowest BCUT2D eigenvalue weighted by Crippen LogP contribution is -2.38. The second kappa shape index (κ2) is 2.79. The monoisotopic (exact) mass is 172 g/mol. The lowest BCUT2D eigenvalue weighted by Gasteiger charge is -2.22. The van der Waals surface area contributed by atoms with Crippen LogP contribution in [0.4, 0.5) is 22.0 Å². The van der Waals surface area contributed by atoms with E-state index in [-0.39, 0.29) is 6.08 Å². The van der Waals surface area contributed by atoms with Crippen molar-refractivity contribution < 1.29 is 22.0 Å². The molecule has 0 aromatic rings. The number of rotatable bonds is 0. The molecule has 0 radical (unpaired) electrons. The minimum Gasteiger partial charge on any atom is -0.241 e. The molecule has 0 aliphatic heterocycles. The van der Waals surface area contributed by atoms with E-state index in [2.05, 4.69) is 0 Å². The van der Waals surface area contributed by atoms with E-state index in [9.17, 15) is 22.0 Å². The summed E-state index contributed by atoms with van der Waals surface area (Å²) in [5.74, 6) is -1.57.